The van der Waals surface area contributed by atoms with Gasteiger partial charge in [0.1, 0.15) is 12.3 Å². The highest BCUT2D eigenvalue weighted by molar-refractivity contribution is 7.92. The summed E-state index contributed by atoms with van der Waals surface area (Å²) in [6.45, 7) is -0.578. The average Bonchev–Trinajstić information content (AvgIpc) is 3.51. The number of aliphatic hydroxyl groups is 2. The van der Waals surface area contributed by atoms with Crippen molar-refractivity contribution in [1.29, 1.82) is 0 Å². The Morgan fingerprint density at radius 2 is 1.74 bits per heavy atom. The van der Waals surface area contributed by atoms with Crippen LogP contribution in [0.5, 0.6) is 0 Å². The predicted molar refractivity (Wildman–Crippen MR) is 124 cm³/mol. The lowest BCUT2D eigenvalue weighted by Gasteiger charge is -2.20. The first kappa shape index (κ1) is 25.2. The molecule has 2 aliphatic carbocycles. The molecule has 2 saturated carbocycles. The number of sulfone groups is 1. The number of hydrogen-bond acceptors (Lipinski definition) is 7. The minimum Gasteiger partial charge on any atom is -0.396 e. The number of thiazole rings is 1. The van der Waals surface area contributed by atoms with Gasteiger partial charge in [0.25, 0.3) is 0 Å². The third-order valence-electron chi connectivity index (χ3n) is 6.58. The fourth-order valence-electron chi connectivity index (χ4n) is 4.38. The van der Waals surface area contributed by atoms with Crippen molar-refractivity contribution < 1.29 is 32.2 Å². The third kappa shape index (κ3) is 5.48. The van der Waals surface area contributed by atoms with Crippen molar-refractivity contribution in [3.05, 3.63) is 40.9 Å². The Hall–Kier alpha value is -1.95. The molecular formula is C23H28F2N2O5S2. The van der Waals surface area contributed by atoms with E-state index in [9.17, 15) is 32.2 Å². The normalized spacial score (nSPS) is 23.9. The van der Waals surface area contributed by atoms with E-state index in [4.69, 9.17) is 0 Å². The first-order chi connectivity index (χ1) is 16.2. The summed E-state index contributed by atoms with van der Waals surface area (Å²) in [5.74, 6) is -2.05. The molecular weight excluding hydrogens is 486 g/mol. The first-order valence-electron chi connectivity index (χ1n) is 11.3. The monoisotopic (exact) mass is 514 g/mol. The molecule has 0 saturated heterocycles. The van der Waals surface area contributed by atoms with Crippen molar-refractivity contribution in [3.63, 3.8) is 0 Å². The predicted octanol–water partition coefficient (Wildman–Crippen LogP) is 3.35. The molecule has 4 rings (SSSR count). The third-order valence-corrected chi connectivity index (χ3v) is 9.63. The average molecular weight is 515 g/mol. The number of anilines is 1. The van der Waals surface area contributed by atoms with Crippen molar-refractivity contribution in [3.8, 4) is 0 Å². The Balaban J connectivity index is 1.54. The van der Waals surface area contributed by atoms with Crippen molar-refractivity contribution in [2.24, 2.45) is 5.92 Å². The maximum Gasteiger partial charge on any atom is 0.233 e. The van der Waals surface area contributed by atoms with Crippen LogP contribution in [-0.2, 0) is 14.6 Å². The number of nitrogens with one attached hydrogen (secondary N) is 1. The zero-order valence-corrected chi connectivity index (χ0v) is 20.1. The second-order valence-corrected chi connectivity index (χ2v) is 12.2. The van der Waals surface area contributed by atoms with Crippen molar-refractivity contribution in [2.75, 3.05) is 18.5 Å². The number of alkyl halides is 2. The van der Waals surface area contributed by atoms with Gasteiger partial charge in [0.2, 0.25) is 5.91 Å². The lowest BCUT2D eigenvalue weighted by molar-refractivity contribution is -0.118. The summed E-state index contributed by atoms with van der Waals surface area (Å²) in [5, 5.41) is 23.0. The number of carbonyl (C=O) groups is 1. The zero-order chi connectivity index (χ0) is 24.5. The van der Waals surface area contributed by atoms with E-state index in [-0.39, 0.29) is 53.7 Å². The van der Waals surface area contributed by atoms with E-state index < -0.39 is 39.9 Å². The van der Waals surface area contributed by atoms with Gasteiger partial charge >= 0.3 is 0 Å². The van der Waals surface area contributed by atoms with E-state index in [0.29, 0.717) is 24.1 Å². The van der Waals surface area contributed by atoms with Gasteiger partial charge in [-0.05, 0) is 55.7 Å². The molecule has 0 aliphatic heterocycles. The number of nitrogens with zero attached hydrogens (tertiary/aromatic N) is 1. The molecule has 3 atom stereocenters. The van der Waals surface area contributed by atoms with E-state index >= 15 is 0 Å². The molecule has 1 aromatic carbocycles. The molecule has 2 aromatic rings. The lowest BCUT2D eigenvalue weighted by Crippen LogP contribution is -2.23. The van der Waals surface area contributed by atoms with Gasteiger partial charge in [-0.1, -0.05) is 12.1 Å². The highest BCUT2D eigenvalue weighted by Crippen LogP contribution is 2.39. The number of rotatable bonds is 10. The van der Waals surface area contributed by atoms with E-state index in [2.05, 4.69) is 10.3 Å². The van der Waals surface area contributed by atoms with E-state index in [1.165, 1.54) is 12.1 Å². The van der Waals surface area contributed by atoms with Gasteiger partial charge in [-0.15, -0.1) is 11.3 Å². The van der Waals surface area contributed by atoms with Gasteiger partial charge in [0.15, 0.2) is 15.0 Å². The molecule has 1 aromatic heterocycles. The Morgan fingerprint density at radius 3 is 2.29 bits per heavy atom. The summed E-state index contributed by atoms with van der Waals surface area (Å²) in [6, 6.07) is 6.16. The van der Waals surface area contributed by atoms with Crippen molar-refractivity contribution in [1.82, 2.24) is 4.98 Å². The fraction of sp³-hybridized carbons (Fsp3) is 0.565. The van der Waals surface area contributed by atoms with Gasteiger partial charge in [-0.3, -0.25) is 4.79 Å². The number of amides is 1. The summed E-state index contributed by atoms with van der Waals surface area (Å²) in [7, 11) is -3.37. The summed E-state index contributed by atoms with van der Waals surface area (Å²) in [6.07, 6.45) is -1.51. The second-order valence-electron chi connectivity index (χ2n) is 9.10. The van der Waals surface area contributed by atoms with Crippen LogP contribution in [0.1, 0.15) is 55.2 Å². The minimum atomic E-state index is -3.37. The maximum atomic E-state index is 13.8. The Kier molecular flexibility index (Phi) is 7.66. The number of benzene rings is 1. The molecule has 1 heterocycles. The first-order valence-corrected chi connectivity index (χ1v) is 13.8. The fourth-order valence-corrected chi connectivity index (χ4v) is 6.83. The standard InChI is InChI=1S/C23H28F2N2O5S2/c24-19-8-13(9-20(19)25)7-18(14-1-3-16(4-2-14)34(31,32)17-5-6-17)22(30)27-23-26-21(12-33-23)15(10-28)11-29/h1-4,12-13,15,17-20,28-29H,5-11H2,(H,26,27,30)/t13?,18-,19?,20?/m1/s1. The topological polar surface area (TPSA) is 117 Å². The van der Waals surface area contributed by atoms with Crippen LogP contribution in [0.15, 0.2) is 34.5 Å². The summed E-state index contributed by atoms with van der Waals surface area (Å²) >= 11 is 1.14. The molecule has 2 unspecified atom stereocenters. The molecule has 7 nitrogen and oxygen atoms in total. The minimum absolute atomic E-state index is 0.0369. The number of hydrogen-bond donors (Lipinski definition) is 3. The lowest BCUT2D eigenvalue weighted by atomic mass is 9.87. The molecule has 2 aliphatic rings. The van der Waals surface area contributed by atoms with Crippen LogP contribution in [-0.4, -0.2) is 60.3 Å². The second kappa shape index (κ2) is 10.3. The molecule has 0 bridgehead atoms. The van der Waals surface area contributed by atoms with Gasteiger partial charge < -0.3 is 15.5 Å². The Bertz CT molecular complexity index is 1090. The van der Waals surface area contributed by atoms with E-state index in [1.807, 2.05) is 0 Å². The Labute approximate surface area is 201 Å². The number of aliphatic hydroxyl groups excluding tert-OH is 2. The smallest absolute Gasteiger partial charge is 0.233 e. The highest BCUT2D eigenvalue weighted by Gasteiger charge is 2.39. The molecule has 2 fully saturated rings. The molecule has 1 amide bonds. The molecule has 3 N–H and O–H groups in total. The number of carbonyl (C=O) groups excluding carboxylic acids is 1. The molecule has 0 radical (unpaired) electrons. The summed E-state index contributed by atoms with van der Waals surface area (Å²) in [4.78, 5) is 17.7. The van der Waals surface area contributed by atoms with E-state index in [0.717, 1.165) is 11.3 Å². The molecule has 186 valence electrons. The van der Waals surface area contributed by atoms with Crippen LogP contribution in [0, 0.1) is 5.92 Å². The number of aromatic nitrogens is 1. The van der Waals surface area contributed by atoms with Gasteiger partial charge in [-0.2, -0.15) is 0 Å². The van der Waals surface area contributed by atoms with Gasteiger partial charge in [0.05, 0.1) is 35.0 Å². The molecule has 0 spiro atoms. The molecule has 34 heavy (non-hydrogen) atoms. The summed E-state index contributed by atoms with van der Waals surface area (Å²) in [5.41, 5.74) is 1.01. The largest absolute Gasteiger partial charge is 0.396 e. The van der Waals surface area contributed by atoms with Crippen LogP contribution in [0.3, 0.4) is 0 Å². The zero-order valence-electron chi connectivity index (χ0n) is 18.4. The van der Waals surface area contributed by atoms with Gasteiger partial charge in [0, 0.05) is 11.3 Å². The summed E-state index contributed by atoms with van der Waals surface area (Å²) < 4.78 is 52.6. The molecule has 11 heteroatoms. The van der Waals surface area contributed by atoms with Crippen molar-refractivity contribution in [2.45, 2.75) is 66.4 Å². The van der Waals surface area contributed by atoms with Crippen LogP contribution in [0.2, 0.25) is 0 Å². The van der Waals surface area contributed by atoms with Crippen LogP contribution in [0.25, 0.3) is 0 Å². The van der Waals surface area contributed by atoms with Crippen LogP contribution in [0.4, 0.5) is 13.9 Å². The highest BCUT2D eigenvalue weighted by atomic mass is 32.2. The van der Waals surface area contributed by atoms with Gasteiger partial charge in [-0.25, -0.2) is 22.2 Å². The number of halogens is 2. The van der Waals surface area contributed by atoms with E-state index in [1.54, 1.807) is 17.5 Å². The van der Waals surface area contributed by atoms with Crippen molar-refractivity contribution >= 4 is 32.2 Å². The van der Waals surface area contributed by atoms with Crippen LogP contribution < -0.4 is 5.32 Å². The van der Waals surface area contributed by atoms with Crippen LogP contribution >= 0.6 is 11.3 Å². The quantitative estimate of drug-likeness (QED) is 0.448. The maximum absolute atomic E-state index is 13.8. The SMILES string of the molecule is O=C(Nc1nc(C(CO)CO)cs1)[C@H](CC1CC(F)C(F)C1)c1ccc(S(=O)(=O)C2CC2)cc1. The Morgan fingerprint density at radius 1 is 1.12 bits per heavy atom.